The second kappa shape index (κ2) is 5.95. The van der Waals surface area contributed by atoms with E-state index < -0.39 is 0 Å². The molecule has 102 valence electrons. The molecule has 0 aliphatic heterocycles. The third-order valence-corrected chi connectivity index (χ3v) is 3.41. The van der Waals surface area contributed by atoms with Gasteiger partial charge in [0.05, 0.1) is 6.04 Å². The molecule has 0 radical (unpaired) electrons. The van der Waals surface area contributed by atoms with Crippen molar-refractivity contribution in [2.75, 3.05) is 6.54 Å². The first-order valence-electron chi connectivity index (χ1n) is 5.97. The van der Waals surface area contributed by atoms with Crippen LogP contribution in [0, 0.1) is 12.7 Å². The molecule has 0 aliphatic rings. The van der Waals surface area contributed by atoms with Crippen LogP contribution >= 0.6 is 23.2 Å². The summed E-state index contributed by atoms with van der Waals surface area (Å²) in [4.78, 5) is 0. The molecule has 0 amide bonds. The number of furan rings is 1. The first-order chi connectivity index (χ1) is 9.02. The quantitative estimate of drug-likeness (QED) is 0.883. The monoisotopic (exact) mass is 301 g/mol. The van der Waals surface area contributed by atoms with Crippen LogP contribution in [0.4, 0.5) is 4.39 Å². The lowest BCUT2D eigenvalue weighted by atomic mass is 10.0. The fraction of sp³-hybridized carbons (Fsp3) is 0.286. The van der Waals surface area contributed by atoms with Gasteiger partial charge < -0.3 is 9.73 Å². The number of benzene rings is 1. The smallest absolute Gasteiger partial charge is 0.193 e. The average Bonchev–Trinajstić information content (AvgIpc) is 2.78. The van der Waals surface area contributed by atoms with Gasteiger partial charge in [0.25, 0.3) is 0 Å². The molecule has 0 bridgehead atoms. The zero-order valence-corrected chi connectivity index (χ0v) is 12.1. The van der Waals surface area contributed by atoms with Gasteiger partial charge in [-0.3, -0.25) is 0 Å². The Bertz CT molecular complexity index is 583. The molecule has 19 heavy (non-hydrogen) atoms. The summed E-state index contributed by atoms with van der Waals surface area (Å²) < 4.78 is 18.9. The number of aryl methyl sites for hydroxylation is 1. The van der Waals surface area contributed by atoms with Gasteiger partial charge in [0.15, 0.2) is 5.22 Å². The number of hydrogen-bond donors (Lipinski definition) is 1. The lowest BCUT2D eigenvalue weighted by Gasteiger charge is -2.18. The van der Waals surface area contributed by atoms with E-state index in [2.05, 4.69) is 5.32 Å². The van der Waals surface area contributed by atoms with Gasteiger partial charge in [0.2, 0.25) is 0 Å². The highest BCUT2D eigenvalue weighted by molar-refractivity contribution is 6.31. The highest BCUT2D eigenvalue weighted by Gasteiger charge is 2.20. The van der Waals surface area contributed by atoms with Crippen LogP contribution in [0.2, 0.25) is 10.2 Å². The van der Waals surface area contributed by atoms with E-state index in [4.69, 9.17) is 27.6 Å². The van der Waals surface area contributed by atoms with E-state index in [0.717, 1.165) is 12.1 Å². The van der Waals surface area contributed by atoms with Crippen LogP contribution in [0.1, 0.15) is 29.9 Å². The molecule has 2 aromatic rings. The molecule has 1 aromatic carbocycles. The number of halogens is 3. The molecule has 5 heteroatoms. The molecule has 1 unspecified atom stereocenters. The SMILES string of the molecule is CCNC(c1ccc(Cl)o1)c1cc(C)c(F)cc1Cl. The topological polar surface area (TPSA) is 25.2 Å². The minimum atomic E-state index is -0.318. The van der Waals surface area contributed by atoms with E-state index in [1.54, 1.807) is 25.1 Å². The minimum Gasteiger partial charge on any atom is -0.448 e. The molecule has 0 saturated carbocycles. The standard InChI is InChI=1S/C14H14Cl2FNO/c1-3-18-14(12-4-5-13(16)19-12)9-6-8(2)11(17)7-10(9)15/h4-7,14,18H,3H2,1-2H3. The van der Waals surface area contributed by atoms with Crippen molar-refractivity contribution in [1.29, 1.82) is 0 Å². The lowest BCUT2D eigenvalue weighted by molar-refractivity contribution is 0.453. The van der Waals surface area contributed by atoms with Gasteiger partial charge in [0.1, 0.15) is 11.6 Å². The Kier molecular flexibility index (Phi) is 4.50. The van der Waals surface area contributed by atoms with Crippen LogP contribution in [0.25, 0.3) is 0 Å². The molecule has 0 saturated heterocycles. The van der Waals surface area contributed by atoms with E-state index >= 15 is 0 Å². The predicted molar refractivity (Wildman–Crippen MR) is 75.4 cm³/mol. The van der Waals surface area contributed by atoms with Crippen LogP contribution in [-0.2, 0) is 0 Å². The summed E-state index contributed by atoms with van der Waals surface area (Å²) in [5.74, 6) is 0.334. The molecule has 0 aliphatic carbocycles. The molecule has 0 fully saturated rings. The van der Waals surface area contributed by atoms with Gasteiger partial charge in [-0.1, -0.05) is 18.5 Å². The highest BCUT2D eigenvalue weighted by atomic mass is 35.5. The fourth-order valence-corrected chi connectivity index (χ4v) is 2.36. The maximum absolute atomic E-state index is 13.5. The average molecular weight is 302 g/mol. The molecular formula is C14H14Cl2FNO. The molecule has 1 aromatic heterocycles. The van der Waals surface area contributed by atoms with Crippen LogP contribution < -0.4 is 5.32 Å². The van der Waals surface area contributed by atoms with Crippen molar-refractivity contribution in [3.05, 3.63) is 57.2 Å². The van der Waals surface area contributed by atoms with E-state index in [1.807, 2.05) is 6.92 Å². The summed E-state index contributed by atoms with van der Waals surface area (Å²) in [5, 5.41) is 3.93. The van der Waals surface area contributed by atoms with Gasteiger partial charge in [-0.15, -0.1) is 0 Å². The first kappa shape index (κ1) is 14.4. The summed E-state index contributed by atoms with van der Waals surface area (Å²) in [7, 11) is 0. The Morgan fingerprint density at radius 2 is 2.05 bits per heavy atom. The number of hydrogen-bond acceptors (Lipinski definition) is 2. The van der Waals surface area contributed by atoms with Crippen molar-refractivity contribution >= 4 is 23.2 Å². The van der Waals surface area contributed by atoms with Crippen LogP contribution in [0.3, 0.4) is 0 Å². The van der Waals surface area contributed by atoms with Gasteiger partial charge in [0, 0.05) is 5.02 Å². The fourth-order valence-electron chi connectivity index (χ4n) is 1.95. The van der Waals surface area contributed by atoms with Crippen molar-refractivity contribution < 1.29 is 8.81 Å². The molecule has 1 heterocycles. The van der Waals surface area contributed by atoms with Crippen LogP contribution in [0.15, 0.2) is 28.7 Å². The Morgan fingerprint density at radius 1 is 1.32 bits per heavy atom. The molecule has 1 N–H and O–H groups in total. The molecule has 0 spiro atoms. The van der Waals surface area contributed by atoms with Crippen molar-refractivity contribution in [3.63, 3.8) is 0 Å². The molecular weight excluding hydrogens is 288 g/mol. The first-order valence-corrected chi connectivity index (χ1v) is 6.72. The summed E-state index contributed by atoms with van der Waals surface area (Å²) >= 11 is 11.9. The van der Waals surface area contributed by atoms with Crippen molar-refractivity contribution in [2.45, 2.75) is 19.9 Å². The maximum Gasteiger partial charge on any atom is 0.193 e. The number of nitrogens with one attached hydrogen (secondary N) is 1. The summed E-state index contributed by atoms with van der Waals surface area (Å²) in [6.45, 7) is 4.39. The van der Waals surface area contributed by atoms with Gasteiger partial charge in [-0.25, -0.2) is 4.39 Å². The Hall–Kier alpha value is -1.03. The van der Waals surface area contributed by atoms with Crippen LogP contribution in [0.5, 0.6) is 0 Å². The maximum atomic E-state index is 13.5. The summed E-state index contributed by atoms with van der Waals surface area (Å²) in [6, 6.07) is 6.25. The Morgan fingerprint density at radius 3 is 2.63 bits per heavy atom. The zero-order chi connectivity index (χ0) is 14.0. The van der Waals surface area contributed by atoms with E-state index in [0.29, 0.717) is 21.6 Å². The third-order valence-electron chi connectivity index (χ3n) is 2.88. The van der Waals surface area contributed by atoms with Crippen molar-refractivity contribution in [2.24, 2.45) is 0 Å². The zero-order valence-electron chi connectivity index (χ0n) is 10.6. The van der Waals surface area contributed by atoms with E-state index in [-0.39, 0.29) is 11.9 Å². The third kappa shape index (κ3) is 3.11. The van der Waals surface area contributed by atoms with Gasteiger partial charge >= 0.3 is 0 Å². The second-order valence-corrected chi connectivity index (χ2v) is 5.04. The van der Waals surface area contributed by atoms with Gasteiger partial charge in [-0.2, -0.15) is 0 Å². The molecule has 2 rings (SSSR count). The summed E-state index contributed by atoms with van der Waals surface area (Å²) in [5.41, 5.74) is 1.31. The predicted octanol–water partition coefficient (Wildman–Crippen LogP) is 4.73. The van der Waals surface area contributed by atoms with Crippen molar-refractivity contribution in [3.8, 4) is 0 Å². The lowest BCUT2D eigenvalue weighted by Crippen LogP contribution is -2.22. The highest BCUT2D eigenvalue weighted by Crippen LogP contribution is 2.32. The Labute approximate surface area is 121 Å². The number of rotatable bonds is 4. The largest absolute Gasteiger partial charge is 0.448 e. The molecule has 1 atom stereocenters. The normalized spacial score (nSPS) is 12.7. The minimum absolute atomic E-state index is 0.246. The Balaban J connectivity index is 2.47. The van der Waals surface area contributed by atoms with E-state index in [9.17, 15) is 4.39 Å². The van der Waals surface area contributed by atoms with Crippen molar-refractivity contribution in [1.82, 2.24) is 5.32 Å². The van der Waals surface area contributed by atoms with Crippen LogP contribution in [-0.4, -0.2) is 6.54 Å². The summed E-state index contributed by atoms with van der Waals surface area (Å²) in [6.07, 6.45) is 0. The second-order valence-electron chi connectivity index (χ2n) is 4.26. The molecule has 2 nitrogen and oxygen atoms in total. The van der Waals surface area contributed by atoms with E-state index in [1.165, 1.54) is 6.07 Å². The van der Waals surface area contributed by atoms with Gasteiger partial charge in [-0.05, 0) is 60.5 Å².